The molecule has 1 aromatic rings. The summed E-state index contributed by atoms with van der Waals surface area (Å²) in [4.78, 5) is 23.7. The fourth-order valence-electron chi connectivity index (χ4n) is 1.62. The second-order valence-electron chi connectivity index (χ2n) is 3.88. The monoisotopic (exact) mass is 269 g/mol. The number of benzene rings is 1. The molecule has 0 bridgehead atoms. The molecule has 0 radical (unpaired) electrons. The fraction of sp³-hybridized carbons (Fsp3) is 0.333. The lowest BCUT2D eigenvalue weighted by molar-refractivity contribution is -0.119. The highest BCUT2D eigenvalue weighted by Crippen LogP contribution is 2.25. The Kier molecular flexibility index (Phi) is 4.68. The first-order valence-electron chi connectivity index (χ1n) is 5.68. The minimum atomic E-state index is -1.24. The number of likely N-dealkylation sites (N-methyl/N-ethyl adjacent to an activating group) is 2. The van der Waals surface area contributed by atoms with Crippen molar-refractivity contribution >= 4 is 23.3 Å². The number of hydrogen-bond acceptors (Lipinski definition) is 4. The fourth-order valence-corrected chi connectivity index (χ4v) is 1.62. The van der Waals surface area contributed by atoms with Crippen LogP contribution in [0.4, 0.5) is 15.8 Å². The topological polar surface area (TPSA) is 95.7 Å². The first-order valence-corrected chi connectivity index (χ1v) is 5.68. The van der Waals surface area contributed by atoms with Crippen LogP contribution in [0.1, 0.15) is 17.3 Å². The standard InChI is InChI=1S/C12H16FN3O3/c1-3-16(6-11(17)15-2)10-4-7(12(18)19)9(14)5-8(10)13/h4-5H,3,6,14H2,1-2H3,(H,15,17)(H,18,19). The number of carboxylic acid groups (broad SMARTS) is 1. The van der Waals surface area contributed by atoms with Crippen LogP contribution < -0.4 is 16.0 Å². The molecule has 0 atom stereocenters. The van der Waals surface area contributed by atoms with Crippen LogP contribution in [-0.2, 0) is 4.79 Å². The van der Waals surface area contributed by atoms with Gasteiger partial charge in [0.2, 0.25) is 5.91 Å². The maximum atomic E-state index is 13.8. The second-order valence-corrected chi connectivity index (χ2v) is 3.88. The van der Waals surface area contributed by atoms with E-state index in [9.17, 15) is 14.0 Å². The molecule has 7 heteroatoms. The molecule has 0 aliphatic carbocycles. The highest BCUT2D eigenvalue weighted by molar-refractivity contribution is 5.95. The van der Waals surface area contributed by atoms with Gasteiger partial charge in [-0.2, -0.15) is 0 Å². The Morgan fingerprint density at radius 3 is 2.58 bits per heavy atom. The summed E-state index contributed by atoms with van der Waals surface area (Å²) in [6, 6.07) is 2.09. The maximum Gasteiger partial charge on any atom is 0.337 e. The average Bonchev–Trinajstić information content (AvgIpc) is 2.35. The van der Waals surface area contributed by atoms with E-state index < -0.39 is 11.8 Å². The number of rotatable bonds is 5. The number of amides is 1. The first-order chi connectivity index (χ1) is 8.90. The van der Waals surface area contributed by atoms with Gasteiger partial charge in [-0.15, -0.1) is 0 Å². The number of aromatic carboxylic acids is 1. The number of carbonyl (C=O) groups is 2. The van der Waals surface area contributed by atoms with Crippen molar-refractivity contribution in [1.29, 1.82) is 0 Å². The Morgan fingerprint density at radius 2 is 2.11 bits per heavy atom. The van der Waals surface area contributed by atoms with Gasteiger partial charge in [0.1, 0.15) is 5.82 Å². The van der Waals surface area contributed by atoms with E-state index >= 15 is 0 Å². The van der Waals surface area contributed by atoms with E-state index in [4.69, 9.17) is 10.8 Å². The molecule has 0 aromatic heterocycles. The summed E-state index contributed by atoms with van der Waals surface area (Å²) >= 11 is 0. The lowest BCUT2D eigenvalue weighted by Crippen LogP contribution is -2.36. The molecule has 0 unspecified atom stereocenters. The summed E-state index contributed by atoms with van der Waals surface area (Å²) in [5, 5.41) is 11.4. The number of carbonyl (C=O) groups excluding carboxylic acids is 1. The molecule has 1 aromatic carbocycles. The molecule has 19 heavy (non-hydrogen) atoms. The SMILES string of the molecule is CCN(CC(=O)NC)c1cc(C(=O)O)c(N)cc1F. The maximum absolute atomic E-state index is 13.8. The zero-order valence-electron chi connectivity index (χ0n) is 10.7. The zero-order valence-corrected chi connectivity index (χ0v) is 10.7. The largest absolute Gasteiger partial charge is 0.478 e. The minimum Gasteiger partial charge on any atom is -0.478 e. The van der Waals surface area contributed by atoms with Crippen LogP contribution in [0.15, 0.2) is 12.1 Å². The van der Waals surface area contributed by atoms with E-state index in [0.29, 0.717) is 6.54 Å². The summed E-state index contributed by atoms with van der Waals surface area (Å²) in [6.45, 7) is 2.03. The average molecular weight is 269 g/mol. The first kappa shape index (κ1) is 14.7. The summed E-state index contributed by atoms with van der Waals surface area (Å²) in [7, 11) is 1.47. The molecule has 0 fully saturated rings. The number of hydrogen-bond donors (Lipinski definition) is 3. The van der Waals surface area contributed by atoms with Crippen LogP contribution in [0, 0.1) is 5.82 Å². The summed E-state index contributed by atoms with van der Waals surface area (Å²) in [5.41, 5.74) is 5.14. The summed E-state index contributed by atoms with van der Waals surface area (Å²) in [5.74, 6) is -2.20. The van der Waals surface area contributed by atoms with Crippen LogP contribution >= 0.6 is 0 Å². The second kappa shape index (κ2) is 6.03. The zero-order chi connectivity index (χ0) is 14.6. The minimum absolute atomic E-state index is 0.0395. The van der Waals surface area contributed by atoms with Crippen LogP contribution in [0.2, 0.25) is 0 Å². The number of nitrogens with zero attached hydrogens (tertiary/aromatic N) is 1. The van der Waals surface area contributed by atoms with E-state index in [0.717, 1.165) is 12.1 Å². The van der Waals surface area contributed by atoms with Crippen LogP contribution in [0.5, 0.6) is 0 Å². The molecule has 0 heterocycles. The number of halogens is 1. The summed E-state index contributed by atoms with van der Waals surface area (Å²) < 4.78 is 13.8. The van der Waals surface area contributed by atoms with E-state index in [1.165, 1.54) is 11.9 Å². The van der Waals surface area contributed by atoms with Crippen molar-refractivity contribution in [3.63, 3.8) is 0 Å². The molecule has 104 valence electrons. The predicted octanol–water partition coefficient (Wildman–Crippen LogP) is 0.678. The Hall–Kier alpha value is -2.31. The third kappa shape index (κ3) is 3.34. The van der Waals surface area contributed by atoms with Gasteiger partial charge in [-0.05, 0) is 19.1 Å². The van der Waals surface area contributed by atoms with Crippen molar-refractivity contribution in [2.45, 2.75) is 6.92 Å². The molecule has 0 saturated carbocycles. The van der Waals surface area contributed by atoms with Gasteiger partial charge in [-0.1, -0.05) is 0 Å². The number of carboxylic acids is 1. The Labute approximate surface area is 110 Å². The van der Waals surface area contributed by atoms with Crippen LogP contribution in [-0.4, -0.2) is 37.1 Å². The van der Waals surface area contributed by atoms with Gasteiger partial charge < -0.3 is 21.1 Å². The lowest BCUT2D eigenvalue weighted by atomic mass is 10.1. The molecule has 0 aliphatic heterocycles. The Balaban J connectivity index is 3.19. The smallest absolute Gasteiger partial charge is 0.337 e. The van der Waals surface area contributed by atoms with Gasteiger partial charge >= 0.3 is 5.97 Å². The normalized spacial score (nSPS) is 10.1. The molecule has 6 nitrogen and oxygen atoms in total. The van der Waals surface area contributed by atoms with Gasteiger partial charge in [0, 0.05) is 19.3 Å². The number of nitrogens with two attached hydrogens (primary N) is 1. The predicted molar refractivity (Wildman–Crippen MR) is 69.7 cm³/mol. The molecule has 4 N–H and O–H groups in total. The van der Waals surface area contributed by atoms with Crippen molar-refractivity contribution in [1.82, 2.24) is 5.32 Å². The van der Waals surface area contributed by atoms with Gasteiger partial charge in [0.25, 0.3) is 0 Å². The van der Waals surface area contributed by atoms with Gasteiger partial charge in [0.15, 0.2) is 0 Å². The van der Waals surface area contributed by atoms with Crippen molar-refractivity contribution in [3.05, 3.63) is 23.5 Å². The molecule has 0 spiro atoms. The van der Waals surface area contributed by atoms with Gasteiger partial charge in [0.05, 0.1) is 17.8 Å². The van der Waals surface area contributed by atoms with Crippen LogP contribution in [0.25, 0.3) is 0 Å². The molecular weight excluding hydrogens is 253 g/mol. The van der Waals surface area contributed by atoms with E-state index in [2.05, 4.69) is 5.32 Å². The Morgan fingerprint density at radius 1 is 1.47 bits per heavy atom. The van der Waals surface area contributed by atoms with E-state index in [1.807, 2.05) is 0 Å². The third-order valence-corrected chi connectivity index (χ3v) is 2.69. The Bertz CT molecular complexity index is 505. The highest BCUT2D eigenvalue weighted by atomic mass is 19.1. The van der Waals surface area contributed by atoms with Gasteiger partial charge in [-0.3, -0.25) is 4.79 Å². The molecule has 0 aliphatic rings. The molecule has 0 saturated heterocycles. The summed E-state index contributed by atoms with van der Waals surface area (Å²) in [6.07, 6.45) is 0. The van der Waals surface area contributed by atoms with Crippen LogP contribution in [0.3, 0.4) is 0 Å². The van der Waals surface area contributed by atoms with Crippen molar-refractivity contribution in [2.75, 3.05) is 30.8 Å². The van der Waals surface area contributed by atoms with E-state index in [-0.39, 0.29) is 29.4 Å². The van der Waals surface area contributed by atoms with E-state index in [1.54, 1.807) is 6.92 Å². The number of nitrogen functional groups attached to an aromatic ring is 1. The third-order valence-electron chi connectivity index (χ3n) is 2.69. The van der Waals surface area contributed by atoms with Crippen molar-refractivity contribution in [3.8, 4) is 0 Å². The highest BCUT2D eigenvalue weighted by Gasteiger charge is 2.18. The van der Waals surface area contributed by atoms with Crippen molar-refractivity contribution in [2.24, 2.45) is 0 Å². The molecule has 1 amide bonds. The molecule has 1 rings (SSSR count). The quantitative estimate of drug-likeness (QED) is 0.683. The lowest BCUT2D eigenvalue weighted by Gasteiger charge is -2.23. The number of nitrogens with one attached hydrogen (secondary N) is 1. The van der Waals surface area contributed by atoms with Crippen molar-refractivity contribution < 1.29 is 19.1 Å². The number of anilines is 2. The van der Waals surface area contributed by atoms with Gasteiger partial charge in [-0.25, -0.2) is 9.18 Å². The molecular formula is C12H16FN3O3.